The first-order valence-electron chi connectivity index (χ1n) is 27.7. The summed E-state index contributed by atoms with van der Waals surface area (Å²) in [7, 11) is 0. The van der Waals surface area contributed by atoms with Gasteiger partial charge in [0, 0.05) is 98.5 Å². The first-order valence-corrected chi connectivity index (χ1v) is 29.9. The smallest absolute Gasteiger partial charge is 0.412 e. The van der Waals surface area contributed by atoms with Gasteiger partial charge in [-0.2, -0.15) is 23.5 Å². The molecule has 3 saturated heterocycles. The first-order chi connectivity index (χ1) is 37.7. The van der Waals surface area contributed by atoms with Gasteiger partial charge in [-0.15, -0.1) is 0 Å². The summed E-state index contributed by atoms with van der Waals surface area (Å²) in [4.78, 5) is 86.2. The van der Waals surface area contributed by atoms with E-state index in [0.29, 0.717) is 143 Å². The number of benzene rings is 1. The van der Waals surface area contributed by atoms with Gasteiger partial charge in [-0.1, -0.05) is 12.8 Å². The third-order valence-electron chi connectivity index (χ3n) is 12.3. The predicted octanol–water partition coefficient (Wildman–Crippen LogP) is 4.08. The second-order valence-corrected chi connectivity index (χ2v) is 22.6. The molecule has 0 radical (unpaired) electrons. The Hall–Kier alpha value is -4.63. The fraction of sp³-hybridized carbons (Fsp3) is 0.755. The molecule has 1 aromatic carbocycles. The number of rotatable bonds is 43. The lowest BCUT2D eigenvalue weighted by atomic mass is 10.0. The van der Waals surface area contributed by atoms with Crippen LogP contribution in [0.15, 0.2) is 18.2 Å². The van der Waals surface area contributed by atoms with Gasteiger partial charge < -0.3 is 75.7 Å². The third kappa shape index (κ3) is 29.5. The van der Waals surface area contributed by atoms with Gasteiger partial charge >= 0.3 is 18.2 Å². The van der Waals surface area contributed by atoms with Gasteiger partial charge in [0.25, 0.3) is 11.8 Å². The van der Waals surface area contributed by atoms with Crippen molar-refractivity contribution in [3.8, 4) is 0 Å². The molecule has 9 N–H and O–H groups in total. The van der Waals surface area contributed by atoms with E-state index in [4.69, 9.17) is 33.2 Å². The summed E-state index contributed by atoms with van der Waals surface area (Å²) in [6, 6.07) is 4.97. The van der Waals surface area contributed by atoms with Crippen molar-refractivity contribution in [1.82, 2.24) is 42.5 Å². The summed E-state index contributed by atoms with van der Waals surface area (Å²) in [5.74, 6) is 2.04. The number of thioether (sulfide) groups is 2. The Morgan fingerprint density at radius 2 is 1.10 bits per heavy atom. The molecule has 442 valence electrons. The predicted molar refractivity (Wildman–Crippen MR) is 300 cm³/mol. The summed E-state index contributed by atoms with van der Waals surface area (Å²) in [6.45, 7) is 13.6. The molecule has 3 fully saturated rings. The maximum atomic E-state index is 13.2. The lowest BCUT2D eigenvalue weighted by Crippen LogP contribution is -2.36. The number of carbonyl (C=O) groups excluding carboxylic acids is 7. The molecular weight excluding hydrogens is 1050 g/mol. The van der Waals surface area contributed by atoms with Gasteiger partial charge in [0.2, 0.25) is 11.8 Å². The molecule has 23 nitrogen and oxygen atoms in total. The van der Waals surface area contributed by atoms with Crippen LogP contribution >= 0.6 is 23.5 Å². The number of ether oxygens (including phenoxy) is 7. The molecule has 5 atom stereocenters. The van der Waals surface area contributed by atoms with Crippen LogP contribution in [0.4, 0.5) is 20.1 Å². The topological polar surface area (TPSA) is 292 Å². The minimum Gasteiger partial charge on any atom is -0.444 e. The number of hydrogen-bond donors (Lipinski definition) is 9. The average Bonchev–Trinajstić information content (AvgIpc) is 4.08. The molecule has 5 unspecified atom stereocenters. The standard InChI is InChI=1S/C53H89N9O14S2/c1-38-42(60-50(67)58-38)36-77-32-9-5-6-14-45(63)54-16-10-20-70-24-28-74-29-25-71-21-11-17-56-48(65)39-33-40(35-41(34-39)59-52(69)76-53(2,3)4)49(66)57-18-12-22-72-26-30-75-31-27-73-23-19-55-46(64)15-8-7-13-44-47-43(37-78-44)61-51(68)62-47/h33-35,38,42-44,47H,5-32,36-37H2,1-4H3,(H,54,63)(H,55,64)(H,56,65)(H,57,66)(H,59,69)(H2,58,60,67)(H2,61,62,68). The van der Waals surface area contributed by atoms with Gasteiger partial charge in [-0.05, 0) is 96.6 Å². The summed E-state index contributed by atoms with van der Waals surface area (Å²) in [5.41, 5.74) is -0.175. The van der Waals surface area contributed by atoms with Crippen molar-refractivity contribution in [1.29, 1.82) is 0 Å². The van der Waals surface area contributed by atoms with Crippen molar-refractivity contribution in [2.75, 3.05) is 128 Å². The molecule has 0 bridgehead atoms. The first kappa shape index (κ1) is 65.9. The number of anilines is 1. The van der Waals surface area contributed by atoms with E-state index in [1.807, 2.05) is 30.4 Å². The fourth-order valence-electron chi connectivity index (χ4n) is 8.24. The molecule has 4 rings (SSSR count). The monoisotopic (exact) mass is 1140 g/mol. The Balaban J connectivity index is 0.946. The second-order valence-electron chi connectivity index (χ2n) is 20.1. The highest BCUT2D eigenvalue weighted by Crippen LogP contribution is 2.33. The molecule has 9 amide bonds. The fourth-order valence-corrected chi connectivity index (χ4v) is 11.0. The normalized spacial score (nSPS) is 18.5. The van der Waals surface area contributed by atoms with Crippen molar-refractivity contribution in [2.45, 2.75) is 133 Å². The van der Waals surface area contributed by atoms with E-state index < -0.39 is 23.5 Å². The largest absolute Gasteiger partial charge is 0.444 e. The second kappa shape index (κ2) is 38.9. The maximum Gasteiger partial charge on any atom is 0.412 e. The lowest BCUT2D eigenvalue weighted by Gasteiger charge is -2.20. The van der Waals surface area contributed by atoms with E-state index in [9.17, 15) is 33.6 Å². The Morgan fingerprint density at radius 1 is 0.590 bits per heavy atom. The SMILES string of the molecule is CC1NC(=O)NC1CSCCCCCC(=O)NCCCOCCOCCOCCCNC(=O)c1cc(NC(=O)OC(C)(C)C)cc(C(=O)NCCCOCCOCCOCCNC(=O)CCCCC2SCC3NC(=O)NC32)c1. The average molecular weight is 1140 g/mol. The number of nitrogens with one attached hydrogen (secondary N) is 9. The molecule has 78 heavy (non-hydrogen) atoms. The van der Waals surface area contributed by atoms with Crippen molar-refractivity contribution in [3.05, 3.63) is 29.3 Å². The summed E-state index contributed by atoms with van der Waals surface area (Å²) >= 11 is 3.71. The molecule has 0 aliphatic carbocycles. The number of unbranched alkanes of at least 4 members (excludes halogenated alkanes) is 3. The molecule has 3 heterocycles. The summed E-state index contributed by atoms with van der Waals surface area (Å²) in [5, 5.41) is 26.3. The minimum atomic E-state index is -0.760. The summed E-state index contributed by atoms with van der Waals surface area (Å²) in [6.07, 6.45) is 7.65. The van der Waals surface area contributed by atoms with Crippen molar-refractivity contribution in [3.63, 3.8) is 0 Å². The van der Waals surface area contributed by atoms with E-state index >= 15 is 0 Å². The highest BCUT2D eigenvalue weighted by atomic mass is 32.2. The van der Waals surface area contributed by atoms with Gasteiger partial charge in [-0.3, -0.25) is 24.5 Å². The van der Waals surface area contributed by atoms with Crippen LogP contribution < -0.4 is 47.9 Å². The zero-order valence-corrected chi connectivity index (χ0v) is 48.0. The molecule has 3 aliphatic heterocycles. The lowest BCUT2D eigenvalue weighted by molar-refractivity contribution is -0.122. The number of fused-ring (bicyclic) bond motifs is 1. The van der Waals surface area contributed by atoms with Crippen LogP contribution in [0.25, 0.3) is 0 Å². The van der Waals surface area contributed by atoms with E-state index in [-0.39, 0.29) is 64.9 Å². The summed E-state index contributed by atoms with van der Waals surface area (Å²) < 4.78 is 38.9. The molecule has 0 aromatic heterocycles. The Morgan fingerprint density at radius 3 is 1.65 bits per heavy atom. The van der Waals surface area contributed by atoms with Gasteiger partial charge in [0.05, 0.1) is 77.6 Å². The van der Waals surface area contributed by atoms with E-state index in [1.165, 1.54) is 18.2 Å². The van der Waals surface area contributed by atoms with Crippen molar-refractivity contribution < 1.29 is 66.7 Å². The van der Waals surface area contributed by atoms with E-state index in [2.05, 4.69) is 47.9 Å². The Bertz CT molecular complexity index is 1970. The van der Waals surface area contributed by atoms with Crippen LogP contribution in [0.1, 0.15) is 119 Å². The van der Waals surface area contributed by atoms with Crippen LogP contribution in [0.2, 0.25) is 0 Å². The maximum absolute atomic E-state index is 13.2. The molecule has 1 aromatic rings. The van der Waals surface area contributed by atoms with Crippen LogP contribution in [0, 0.1) is 0 Å². The van der Waals surface area contributed by atoms with Gasteiger partial charge in [0.15, 0.2) is 0 Å². The van der Waals surface area contributed by atoms with Gasteiger partial charge in [-0.25, -0.2) is 14.4 Å². The van der Waals surface area contributed by atoms with E-state index in [0.717, 1.165) is 55.8 Å². The third-order valence-corrected chi connectivity index (χ3v) is 15.0. The van der Waals surface area contributed by atoms with Gasteiger partial charge in [0.1, 0.15) is 5.60 Å². The number of urea groups is 2. The quantitative estimate of drug-likeness (QED) is 0.0329. The zero-order chi connectivity index (χ0) is 56.2. The molecular formula is C53H89N9O14S2. The molecule has 25 heteroatoms. The minimum absolute atomic E-state index is 0.00380. The van der Waals surface area contributed by atoms with E-state index in [1.54, 1.807) is 20.8 Å². The van der Waals surface area contributed by atoms with Crippen molar-refractivity contribution >= 4 is 71.0 Å². The number of hydrogen-bond acceptors (Lipinski definition) is 16. The highest BCUT2D eigenvalue weighted by Gasteiger charge is 2.42. The van der Waals surface area contributed by atoms with Crippen LogP contribution in [0.5, 0.6) is 0 Å². The zero-order valence-electron chi connectivity index (χ0n) is 46.4. The highest BCUT2D eigenvalue weighted by molar-refractivity contribution is 8.00. The van der Waals surface area contributed by atoms with Crippen LogP contribution in [-0.2, 0) is 42.7 Å². The number of amides is 9. The van der Waals surface area contributed by atoms with Crippen LogP contribution in [0.3, 0.4) is 0 Å². The van der Waals surface area contributed by atoms with Crippen molar-refractivity contribution in [2.24, 2.45) is 0 Å². The van der Waals surface area contributed by atoms with Crippen LogP contribution in [-0.4, -0.2) is 200 Å². The molecule has 0 spiro atoms. The molecule has 0 saturated carbocycles. The molecule has 3 aliphatic rings. The Labute approximate surface area is 469 Å². The Kier molecular flexibility index (Phi) is 32.8. The number of carbonyl (C=O) groups is 7.